The Morgan fingerprint density at radius 3 is 2.36 bits per heavy atom. The number of nitrogens with one attached hydrogen (secondary N) is 2. The Morgan fingerprint density at radius 2 is 1.88 bits per heavy atom. The molecule has 0 aliphatic carbocycles. The van der Waals surface area contributed by atoms with Gasteiger partial charge in [0.15, 0.2) is 0 Å². The second-order valence-electron chi connectivity index (χ2n) is 4.49. The molecule has 0 spiro atoms. The molecule has 1 fully saturated rings. The molecule has 150 valence electrons. The number of ether oxygens (including phenoxy) is 1. The molecule has 0 radical (unpaired) electrons. The van der Waals surface area contributed by atoms with E-state index in [2.05, 4.69) is 9.71 Å². The smallest absolute Gasteiger partial charge is 0.330 e. The first kappa shape index (κ1) is 26.0. The molecule has 0 aromatic carbocycles. The monoisotopic (exact) mass is 387 g/mol. The van der Waals surface area contributed by atoms with Crippen molar-refractivity contribution in [3.8, 4) is 0 Å². The average Bonchev–Trinajstić information content (AvgIpc) is 3.07. The first-order chi connectivity index (χ1) is 11.8. The van der Waals surface area contributed by atoms with Crippen molar-refractivity contribution in [3.05, 3.63) is 33.1 Å². The average molecular weight is 387 g/mol. The highest BCUT2D eigenvalue weighted by Gasteiger charge is 2.27. The van der Waals surface area contributed by atoms with Crippen molar-refractivity contribution in [2.45, 2.75) is 39.0 Å². The predicted molar refractivity (Wildman–Crippen MR) is 97.8 cm³/mol. The molecule has 11 heteroatoms. The van der Waals surface area contributed by atoms with Crippen molar-refractivity contribution in [1.82, 2.24) is 14.3 Å². The number of halogens is 1. The Kier molecular flexibility index (Phi) is 14.5. The van der Waals surface area contributed by atoms with Crippen LogP contribution in [-0.4, -0.2) is 57.0 Å². The van der Waals surface area contributed by atoms with Gasteiger partial charge < -0.3 is 9.84 Å². The van der Waals surface area contributed by atoms with Gasteiger partial charge in [0.05, 0.1) is 13.3 Å². The Morgan fingerprint density at radius 1 is 1.32 bits per heavy atom. The zero-order valence-electron chi connectivity index (χ0n) is 15.2. The fraction of sp³-hybridized carbons (Fsp3) is 0.714. The van der Waals surface area contributed by atoms with Gasteiger partial charge in [-0.05, 0) is 12.8 Å². The van der Waals surface area contributed by atoms with Crippen molar-refractivity contribution >= 4 is 10.8 Å². The van der Waals surface area contributed by atoms with Gasteiger partial charge in [0, 0.05) is 32.2 Å². The third kappa shape index (κ3) is 10.4. The van der Waals surface area contributed by atoms with Gasteiger partial charge in [-0.15, -0.1) is 10.8 Å². The van der Waals surface area contributed by atoms with E-state index < -0.39 is 28.3 Å². The lowest BCUT2D eigenvalue weighted by Gasteiger charge is -2.29. The second kappa shape index (κ2) is 14.0. The third-order valence-electron chi connectivity index (χ3n) is 2.83. The zero-order chi connectivity index (χ0) is 20.0. The highest BCUT2D eigenvalue weighted by atomic mass is 32.3. The maximum absolute atomic E-state index is 11.6. The number of alkyl halides is 1. The largest absolute Gasteiger partial charge is 0.400 e. The molecule has 0 amide bonds. The maximum Gasteiger partial charge on any atom is 0.330 e. The number of aromatic amines is 1. The fourth-order valence-electron chi connectivity index (χ4n) is 1.95. The van der Waals surface area contributed by atoms with Crippen molar-refractivity contribution < 1.29 is 23.3 Å². The molecule has 1 aliphatic heterocycles. The maximum atomic E-state index is 11.6. The minimum atomic E-state index is -2.75. The van der Waals surface area contributed by atoms with Gasteiger partial charge in [-0.1, -0.05) is 13.8 Å². The molecular formula is C14H30FN3O6S. The van der Waals surface area contributed by atoms with Crippen LogP contribution in [0.2, 0.25) is 0 Å². The summed E-state index contributed by atoms with van der Waals surface area (Å²) in [6, 6.07) is 1.26. The van der Waals surface area contributed by atoms with Gasteiger partial charge in [-0.25, -0.2) is 9.52 Å². The molecule has 2 atom stereocenters. The lowest BCUT2D eigenvalue weighted by atomic mass is 10.2. The molecular weight excluding hydrogens is 357 g/mol. The van der Waals surface area contributed by atoms with Gasteiger partial charge in [-0.3, -0.25) is 27.8 Å². The fourth-order valence-corrected chi connectivity index (χ4v) is 2.45. The van der Waals surface area contributed by atoms with Crippen LogP contribution in [0, 0.1) is 0 Å². The summed E-state index contributed by atoms with van der Waals surface area (Å²) in [5.41, 5.74) is -0.955. The number of hydrogen-bond acceptors (Lipinski definition) is 7. The number of aromatic nitrogens is 2. The molecule has 1 saturated heterocycles. The van der Waals surface area contributed by atoms with Gasteiger partial charge in [0.25, 0.3) is 5.56 Å². The van der Waals surface area contributed by atoms with E-state index in [0.717, 1.165) is 7.11 Å². The lowest BCUT2D eigenvalue weighted by Crippen LogP contribution is -2.33. The molecule has 2 rings (SSSR count). The molecule has 9 nitrogen and oxygen atoms in total. The van der Waals surface area contributed by atoms with Crippen LogP contribution in [0.15, 0.2) is 21.9 Å². The Hall–Kier alpha value is -1.24. The van der Waals surface area contributed by atoms with E-state index in [4.69, 9.17) is 9.84 Å². The molecule has 25 heavy (non-hydrogen) atoms. The molecule has 2 heterocycles. The van der Waals surface area contributed by atoms with Crippen LogP contribution < -0.4 is 16.0 Å². The standard InChI is InChI=1S/C10H17N3O5S.C2H6.CH3F.CH4O/c1-19(16,17)11-6-7-2-3-9(18-7)13-5-4-8(14)12-10(13)15;3*1-2/h4-5,7,9,11,16-17H,2-3,6H2,1H3,(H,12,14,15);1-2H3;1H3;2H,1H3. The molecule has 0 bridgehead atoms. The molecule has 1 aliphatic rings. The van der Waals surface area contributed by atoms with E-state index in [0.29, 0.717) is 26.6 Å². The Balaban J connectivity index is 0. The Bertz CT molecular complexity index is 560. The number of aliphatic hydroxyl groups excluding tert-OH is 1. The molecule has 1 aromatic rings. The van der Waals surface area contributed by atoms with Gasteiger partial charge >= 0.3 is 5.69 Å². The van der Waals surface area contributed by atoms with Crippen LogP contribution in [0.1, 0.15) is 32.9 Å². The third-order valence-corrected chi connectivity index (χ3v) is 3.54. The summed E-state index contributed by atoms with van der Waals surface area (Å²) in [5.74, 6) is 0. The predicted octanol–water partition coefficient (Wildman–Crippen LogP) is 1.32. The van der Waals surface area contributed by atoms with Crippen molar-refractivity contribution in [2.24, 2.45) is 0 Å². The molecule has 5 N–H and O–H groups in total. The molecule has 0 saturated carbocycles. The number of hydrogen-bond donors (Lipinski definition) is 5. The zero-order valence-corrected chi connectivity index (χ0v) is 16.0. The van der Waals surface area contributed by atoms with E-state index >= 15 is 0 Å². The van der Waals surface area contributed by atoms with Gasteiger partial charge in [0.1, 0.15) is 6.23 Å². The quantitative estimate of drug-likeness (QED) is 0.525. The van der Waals surface area contributed by atoms with Crippen LogP contribution in [-0.2, 0) is 4.74 Å². The summed E-state index contributed by atoms with van der Waals surface area (Å²) in [5, 5.41) is 7.00. The Labute approximate surface area is 148 Å². The van der Waals surface area contributed by atoms with E-state index in [1.165, 1.54) is 23.1 Å². The van der Waals surface area contributed by atoms with E-state index in [-0.39, 0.29) is 6.10 Å². The molecule has 2 unspecified atom stereocenters. The van der Waals surface area contributed by atoms with Crippen molar-refractivity contribution in [3.63, 3.8) is 0 Å². The number of nitrogens with zero attached hydrogens (tertiary/aromatic N) is 1. The summed E-state index contributed by atoms with van der Waals surface area (Å²) >= 11 is 0. The van der Waals surface area contributed by atoms with Crippen LogP contribution in [0.25, 0.3) is 0 Å². The van der Waals surface area contributed by atoms with Gasteiger partial charge in [-0.2, -0.15) is 0 Å². The summed E-state index contributed by atoms with van der Waals surface area (Å²) in [6.07, 6.45) is 3.38. The summed E-state index contributed by atoms with van der Waals surface area (Å²) in [6.45, 7) is 4.30. The summed E-state index contributed by atoms with van der Waals surface area (Å²) in [7, 11) is -1.25. The minimum Gasteiger partial charge on any atom is -0.400 e. The topological polar surface area (TPSA) is 137 Å². The highest BCUT2D eigenvalue weighted by molar-refractivity contribution is 8.22. The number of aliphatic hydroxyl groups is 1. The first-order valence-electron chi connectivity index (χ1n) is 7.62. The van der Waals surface area contributed by atoms with Crippen molar-refractivity contribution in [2.75, 3.05) is 27.1 Å². The van der Waals surface area contributed by atoms with Crippen LogP contribution in [0.3, 0.4) is 0 Å². The molecule has 1 aromatic heterocycles. The van der Waals surface area contributed by atoms with Crippen molar-refractivity contribution in [1.29, 1.82) is 0 Å². The summed E-state index contributed by atoms with van der Waals surface area (Å²) in [4.78, 5) is 24.7. The van der Waals surface area contributed by atoms with E-state index in [9.17, 15) is 23.1 Å². The van der Waals surface area contributed by atoms with Crippen LogP contribution in [0.4, 0.5) is 4.39 Å². The van der Waals surface area contributed by atoms with Crippen LogP contribution in [0.5, 0.6) is 0 Å². The second-order valence-corrected chi connectivity index (χ2v) is 6.45. The lowest BCUT2D eigenvalue weighted by molar-refractivity contribution is 0.00188. The number of H-pyrrole nitrogens is 1. The van der Waals surface area contributed by atoms with Gasteiger partial charge in [0.2, 0.25) is 0 Å². The van der Waals surface area contributed by atoms with E-state index in [1.807, 2.05) is 13.8 Å². The minimum absolute atomic E-state index is 0.199. The summed E-state index contributed by atoms with van der Waals surface area (Å²) < 4.78 is 37.5. The number of rotatable bonds is 4. The SMILES string of the molecule is CC.CF.CO.CS(O)(O)NCC1CCC(n2ccc(=O)[nH]c2=O)O1. The normalized spacial score (nSPS) is 19.4. The van der Waals surface area contributed by atoms with E-state index in [1.54, 1.807) is 0 Å². The highest BCUT2D eigenvalue weighted by Crippen LogP contribution is 2.30. The van der Waals surface area contributed by atoms with Crippen LogP contribution >= 0.6 is 10.8 Å². The first-order valence-corrected chi connectivity index (χ1v) is 9.58.